The van der Waals surface area contributed by atoms with E-state index in [2.05, 4.69) is 228 Å². The number of rotatable bonds is 7. The lowest BCUT2D eigenvalue weighted by Crippen LogP contribution is -2.11. The Kier molecular flexibility index (Phi) is 7.85. The van der Waals surface area contributed by atoms with Crippen LogP contribution in [0.3, 0.4) is 0 Å². The van der Waals surface area contributed by atoms with Crippen molar-refractivity contribution in [2.75, 3.05) is 4.90 Å². The van der Waals surface area contributed by atoms with E-state index >= 15 is 0 Å². The summed E-state index contributed by atoms with van der Waals surface area (Å²) in [6, 6.07) is 79.0. The van der Waals surface area contributed by atoms with Crippen molar-refractivity contribution in [3.63, 3.8) is 0 Å². The van der Waals surface area contributed by atoms with E-state index in [1.165, 1.54) is 60.4 Å². The maximum atomic E-state index is 2.43. The molecule has 254 valence electrons. The summed E-state index contributed by atoms with van der Waals surface area (Å²) in [5.41, 5.74) is 14.0. The highest BCUT2D eigenvalue weighted by Crippen LogP contribution is 2.44. The van der Waals surface area contributed by atoms with Gasteiger partial charge in [-0.25, -0.2) is 0 Å². The van der Waals surface area contributed by atoms with E-state index in [0.29, 0.717) is 0 Å². The lowest BCUT2D eigenvalue weighted by atomic mass is 9.99. The average Bonchev–Trinajstić information content (AvgIpc) is 3.58. The maximum Gasteiger partial charge on any atom is 0.0561 e. The van der Waals surface area contributed by atoms with Crippen molar-refractivity contribution in [3.8, 4) is 39.1 Å². The van der Waals surface area contributed by atoms with Gasteiger partial charge >= 0.3 is 0 Å². The Balaban J connectivity index is 1.18. The summed E-state index contributed by atoms with van der Waals surface area (Å²) in [7, 11) is 0. The van der Waals surface area contributed by atoms with Crippen molar-refractivity contribution >= 4 is 49.6 Å². The highest BCUT2D eigenvalue weighted by atomic mass is 15.1. The minimum Gasteiger partial charge on any atom is -0.310 e. The van der Waals surface area contributed by atoms with Crippen LogP contribution in [0.4, 0.5) is 17.1 Å². The van der Waals surface area contributed by atoms with Gasteiger partial charge in [-0.05, 0) is 93.2 Å². The molecule has 2 nitrogen and oxygen atoms in total. The monoisotopic (exact) mass is 688 g/mol. The summed E-state index contributed by atoms with van der Waals surface area (Å²) in [5.74, 6) is 0. The van der Waals surface area contributed by atoms with Crippen LogP contribution in [-0.2, 0) is 0 Å². The molecule has 0 unspecified atom stereocenters. The molecule has 0 saturated heterocycles. The van der Waals surface area contributed by atoms with Crippen molar-refractivity contribution in [2.45, 2.75) is 0 Å². The van der Waals surface area contributed by atoms with Crippen LogP contribution in [0.25, 0.3) is 71.6 Å². The highest BCUT2D eigenvalue weighted by molar-refractivity contribution is 6.10. The Labute approximate surface area is 315 Å². The van der Waals surface area contributed by atoms with Crippen LogP contribution in [0.2, 0.25) is 0 Å². The van der Waals surface area contributed by atoms with Crippen molar-refractivity contribution in [3.05, 3.63) is 218 Å². The van der Waals surface area contributed by atoms with Crippen molar-refractivity contribution < 1.29 is 0 Å². The molecule has 0 aliphatic carbocycles. The van der Waals surface area contributed by atoms with Crippen LogP contribution in [0.15, 0.2) is 218 Å². The number of para-hydroxylation sites is 2. The molecular weight excluding hydrogens is 653 g/mol. The molecule has 1 aromatic heterocycles. The van der Waals surface area contributed by atoms with Gasteiger partial charge in [0.05, 0.1) is 16.7 Å². The largest absolute Gasteiger partial charge is 0.310 e. The fraction of sp³-hybridized carbons (Fsp3) is 0. The Hall–Kier alpha value is -7.16. The van der Waals surface area contributed by atoms with Gasteiger partial charge in [0, 0.05) is 33.4 Å². The van der Waals surface area contributed by atoms with E-state index in [-0.39, 0.29) is 0 Å². The van der Waals surface area contributed by atoms with Gasteiger partial charge in [0.1, 0.15) is 0 Å². The van der Waals surface area contributed by atoms with E-state index in [1.807, 2.05) is 0 Å². The molecule has 0 aliphatic rings. The Morgan fingerprint density at radius 3 is 1.72 bits per heavy atom. The molecule has 10 aromatic rings. The molecule has 10 rings (SSSR count). The van der Waals surface area contributed by atoms with Crippen LogP contribution in [0.5, 0.6) is 0 Å². The molecule has 0 aliphatic heterocycles. The molecule has 1 heterocycles. The van der Waals surface area contributed by atoms with Gasteiger partial charge in [0.15, 0.2) is 0 Å². The standard InChI is InChI=1S/C52H36N2/c1-3-15-37(16-4-1)40-21-13-22-41(33-40)43-23-14-24-44(35-43)54-51-28-12-10-26-48(51)49-32-31-46(36-52(49)54)53(45-30-29-38-17-7-8-20-42(38)34-45)50-27-11-9-25-47(50)39-18-5-2-6-19-39/h1-36H. The van der Waals surface area contributed by atoms with Crippen LogP contribution in [-0.4, -0.2) is 4.57 Å². The molecule has 0 bridgehead atoms. The number of benzene rings is 9. The van der Waals surface area contributed by atoms with E-state index in [9.17, 15) is 0 Å². The Morgan fingerprint density at radius 2 is 0.889 bits per heavy atom. The maximum absolute atomic E-state index is 2.43. The van der Waals surface area contributed by atoms with Gasteiger partial charge in [0.2, 0.25) is 0 Å². The molecule has 54 heavy (non-hydrogen) atoms. The summed E-state index contributed by atoms with van der Waals surface area (Å²) in [6.45, 7) is 0. The molecule has 2 heteroatoms. The minimum atomic E-state index is 1.09. The number of anilines is 3. The zero-order valence-electron chi connectivity index (χ0n) is 29.7. The summed E-state index contributed by atoms with van der Waals surface area (Å²) >= 11 is 0. The summed E-state index contributed by atoms with van der Waals surface area (Å²) in [5, 5.41) is 4.89. The van der Waals surface area contributed by atoms with E-state index in [0.717, 1.165) is 28.3 Å². The molecule has 0 atom stereocenters. The van der Waals surface area contributed by atoms with Gasteiger partial charge in [-0.1, -0.05) is 164 Å². The molecule has 0 radical (unpaired) electrons. The third kappa shape index (κ3) is 5.62. The van der Waals surface area contributed by atoms with Crippen molar-refractivity contribution in [1.29, 1.82) is 0 Å². The number of aromatic nitrogens is 1. The first-order valence-corrected chi connectivity index (χ1v) is 18.5. The van der Waals surface area contributed by atoms with E-state index < -0.39 is 0 Å². The van der Waals surface area contributed by atoms with E-state index in [1.54, 1.807) is 0 Å². The Bertz CT molecular complexity index is 2940. The molecule has 0 amide bonds. The lowest BCUT2D eigenvalue weighted by molar-refractivity contribution is 1.18. The molecule has 0 fully saturated rings. The number of hydrogen-bond acceptors (Lipinski definition) is 1. The van der Waals surface area contributed by atoms with Crippen LogP contribution in [0, 0.1) is 0 Å². The zero-order valence-corrected chi connectivity index (χ0v) is 29.7. The van der Waals surface area contributed by atoms with Crippen LogP contribution < -0.4 is 4.90 Å². The third-order valence-corrected chi connectivity index (χ3v) is 10.5. The number of hydrogen-bond donors (Lipinski definition) is 0. The highest BCUT2D eigenvalue weighted by Gasteiger charge is 2.20. The fourth-order valence-electron chi connectivity index (χ4n) is 7.98. The number of fused-ring (bicyclic) bond motifs is 4. The first-order valence-electron chi connectivity index (χ1n) is 18.5. The fourth-order valence-corrected chi connectivity index (χ4v) is 7.98. The third-order valence-electron chi connectivity index (χ3n) is 10.5. The predicted octanol–water partition coefficient (Wildman–Crippen LogP) is 14.4. The number of nitrogens with zero attached hydrogens (tertiary/aromatic N) is 2. The first-order chi connectivity index (χ1) is 26.8. The molecular formula is C52H36N2. The molecule has 0 spiro atoms. The minimum absolute atomic E-state index is 1.09. The molecule has 0 N–H and O–H groups in total. The second kappa shape index (κ2) is 13.4. The van der Waals surface area contributed by atoms with Gasteiger partial charge in [-0.2, -0.15) is 0 Å². The van der Waals surface area contributed by atoms with Gasteiger partial charge < -0.3 is 9.47 Å². The Morgan fingerprint density at radius 1 is 0.315 bits per heavy atom. The average molecular weight is 689 g/mol. The second-order valence-electron chi connectivity index (χ2n) is 13.8. The van der Waals surface area contributed by atoms with Crippen LogP contribution in [0.1, 0.15) is 0 Å². The zero-order chi connectivity index (χ0) is 35.8. The smallest absolute Gasteiger partial charge is 0.0561 e. The predicted molar refractivity (Wildman–Crippen MR) is 229 cm³/mol. The van der Waals surface area contributed by atoms with Crippen molar-refractivity contribution in [2.24, 2.45) is 0 Å². The van der Waals surface area contributed by atoms with Gasteiger partial charge in [-0.3, -0.25) is 0 Å². The summed E-state index contributed by atoms with van der Waals surface area (Å²) in [4.78, 5) is 2.42. The van der Waals surface area contributed by atoms with Gasteiger partial charge in [-0.15, -0.1) is 0 Å². The molecule has 0 saturated carbocycles. The first kappa shape index (κ1) is 31.6. The second-order valence-corrected chi connectivity index (χ2v) is 13.8. The quantitative estimate of drug-likeness (QED) is 0.162. The molecule has 9 aromatic carbocycles. The van der Waals surface area contributed by atoms with E-state index in [4.69, 9.17) is 0 Å². The lowest BCUT2D eigenvalue weighted by Gasteiger charge is -2.28. The van der Waals surface area contributed by atoms with Gasteiger partial charge in [0.25, 0.3) is 0 Å². The SMILES string of the molecule is c1ccc(-c2cccc(-c3cccc(-n4c5ccccc5c5ccc(N(c6ccc7ccccc7c6)c6ccccc6-c6ccccc6)cc54)c3)c2)cc1. The topological polar surface area (TPSA) is 8.17 Å². The normalized spacial score (nSPS) is 11.3. The van der Waals surface area contributed by atoms with Crippen LogP contribution >= 0.6 is 0 Å². The summed E-state index contributed by atoms with van der Waals surface area (Å²) in [6.07, 6.45) is 0. The summed E-state index contributed by atoms with van der Waals surface area (Å²) < 4.78 is 2.43. The van der Waals surface area contributed by atoms with Crippen molar-refractivity contribution in [1.82, 2.24) is 4.57 Å².